The lowest BCUT2D eigenvalue weighted by atomic mass is 9.65. The summed E-state index contributed by atoms with van der Waals surface area (Å²) in [6.45, 7) is 2.87. The van der Waals surface area contributed by atoms with Crippen molar-refractivity contribution in [1.82, 2.24) is 15.2 Å². The number of hydrogen-bond acceptors (Lipinski definition) is 4. The zero-order chi connectivity index (χ0) is 19.8. The number of methoxy groups -OCH3 is 1. The third-order valence-corrected chi connectivity index (χ3v) is 6.50. The second-order valence-electron chi connectivity index (χ2n) is 8.37. The van der Waals surface area contributed by atoms with Crippen LogP contribution in [-0.2, 0) is 20.7 Å². The van der Waals surface area contributed by atoms with E-state index < -0.39 is 0 Å². The van der Waals surface area contributed by atoms with Gasteiger partial charge in [-0.25, -0.2) is 0 Å². The molecule has 6 nitrogen and oxygen atoms in total. The maximum atomic E-state index is 12.6. The Morgan fingerprint density at radius 2 is 1.96 bits per heavy atom. The minimum atomic E-state index is 0.146. The van der Waals surface area contributed by atoms with Gasteiger partial charge in [-0.15, -0.1) is 0 Å². The molecule has 154 valence electrons. The highest BCUT2D eigenvalue weighted by atomic mass is 16.5. The Hall–Kier alpha value is -1.95. The van der Waals surface area contributed by atoms with Crippen molar-refractivity contribution in [3.8, 4) is 0 Å². The first-order valence-corrected chi connectivity index (χ1v) is 10.5. The fraction of sp³-hybridized carbons (Fsp3) is 0.682. The van der Waals surface area contributed by atoms with Crippen molar-refractivity contribution in [2.24, 2.45) is 11.3 Å². The van der Waals surface area contributed by atoms with Crippen molar-refractivity contribution in [3.63, 3.8) is 0 Å². The van der Waals surface area contributed by atoms with Crippen LogP contribution in [0.5, 0.6) is 0 Å². The molecule has 2 fully saturated rings. The molecule has 0 bridgehead atoms. The van der Waals surface area contributed by atoms with E-state index in [0.29, 0.717) is 37.3 Å². The lowest BCUT2D eigenvalue weighted by Gasteiger charge is -2.46. The molecule has 3 rings (SSSR count). The quantitative estimate of drug-likeness (QED) is 0.730. The predicted molar refractivity (Wildman–Crippen MR) is 108 cm³/mol. The van der Waals surface area contributed by atoms with E-state index >= 15 is 0 Å². The van der Waals surface area contributed by atoms with Gasteiger partial charge in [-0.2, -0.15) is 0 Å². The minimum Gasteiger partial charge on any atom is -0.383 e. The van der Waals surface area contributed by atoms with E-state index in [2.05, 4.69) is 10.3 Å². The normalized spacial score (nSPS) is 19.5. The number of hydrogen-bond donors (Lipinski definition) is 1. The summed E-state index contributed by atoms with van der Waals surface area (Å²) in [5, 5.41) is 2.93. The van der Waals surface area contributed by atoms with E-state index in [0.717, 1.165) is 44.5 Å². The van der Waals surface area contributed by atoms with Gasteiger partial charge in [-0.3, -0.25) is 14.6 Å². The van der Waals surface area contributed by atoms with Gasteiger partial charge in [0.05, 0.1) is 13.0 Å². The molecule has 0 aromatic carbocycles. The molecule has 1 aliphatic heterocycles. The monoisotopic (exact) mass is 387 g/mol. The van der Waals surface area contributed by atoms with Gasteiger partial charge in [0, 0.05) is 45.1 Å². The molecule has 2 aliphatic rings. The summed E-state index contributed by atoms with van der Waals surface area (Å²) in [5.74, 6) is 0.833. The van der Waals surface area contributed by atoms with Crippen LogP contribution in [0.15, 0.2) is 24.4 Å². The van der Waals surface area contributed by atoms with Crippen LogP contribution in [0.3, 0.4) is 0 Å². The van der Waals surface area contributed by atoms with Crippen LogP contribution in [0.1, 0.15) is 50.6 Å². The number of likely N-dealkylation sites (tertiary alicyclic amines) is 1. The predicted octanol–water partition coefficient (Wildman–Crippen LogP) is 2.58. The van der Waals surface area contributed by atoms with Gasteiger partial charge in [0.15, 0.2) is 0 Å². The summed E-state index contributed by atoms with van der Waals surface area (Å²) in [6.07, 6.45) is 9.57. The molecule has 1 aromatic heterocycles. The first kappa shape index (κ1) is 20.8. The largest absolute Gasteiger partial charge is 0.383 e. The zero-order valence-corrected chi connectivity index (χ0v) is 17.0. The lowest BCUT2D eigenvalue weighted by molar-refractivity contribution is -0.133. The van der Waals surface area contributed by atoms with Gasteiger partial charge in [0.25, 0.3) is 0 Å². The highest BCUT2D eigenvalue weighted by molar-refractivity contribution is 5.78. The molecule has 1 saturated carbocycles. The molecular formula is C22H33N3O3. The SMILES string of the molecule is COCCNC(=O)CC1CCC2(CC1)CCN(C(=O)Cc1ccccn1)CC2. The molecule has 1 aliphatic carbocycles. The first-order valence-electron chi connectivity index (χ1n) is 10.5. The van der Waals surface area contributed by atoms with Crippen molar-refractivity contribution in [3.05, 3.63) is 30.1 Å². The number of carbonyl (C=O) groups excluding carboxylic acids is 2. The maximum absolute atomic E-state index is 12.6. The number of amides is 2. The Bertz CT molecular complexity index is 632. The first-order chi connectivity index (χ1) is 13.6. The zero-order valence-electron chi connectivity index (χ0n) is 17.0. The van der Waals surface area contributed by atoms with Crippen LogP contribution in [0.2, 0.25) is 0 Å². The molecule has 1 aromatic rings. The number of nitrogens with zero attached hydrogens (tertiary/aromatic N) is 2. The molecule has 1 saturated heterocycles. The van der Waals surface area contributed by atoms with Gasteiger partial charge < -0.3 is 15.0 Å². The molecule has 6 heteroatoms. The third kappa shape index (κ3) is 5.77. The number of carbonyl (C=O) groups is 2. The van der Waals surface area contributed by atoms with Crippen LogP contribution in [0.4, 0.5) is 0 Å². The number of ether oxygens (including phenoxy) is 1. The van der Waals surface area contributed by atoms with Gasteiger partial charge in [-0.05, 0) is 62.0 Å². The number of aromatic nitrogens is 1. The smallest absolute Gasteiger partial charge is 0.228 e. The highest BCUT2D eigenvalue weighted by Gasteiger charge is 2.39. The molecule has 0 unspecified atom stereocenters. The molecule has 2 amide bonds. The summed E-state index contributed by atoms with van der Waals surface area (Å²) in [7, 11) is 1.64. The van der Waals surface area contributed by atoms with Gasteiger partial charge in [0.1, 0.15) is 0 Å². The van der Waals surface area contributed by atoms with Crippen LogP contribution in [0.25, 0.3) is 0 Å². The Kier molecular flexibility index (Phi) is 7.43. The maximum Gasteiger partial charge on any atom is 0.228 e. The molecule has 1 spiro atoms. The lowest BCUT2D eigenvalue weighted by Crippen LogP contribution is -2.45. The standard InChI is InChI=1S/C22H33N3O3/c1-28-15-12-24-20(26)16-18-5-7-22(8-6-18)9-13-25(14-10-22)21(27)17-19-4-2-3-11-23-19/h2-4,11,18H,5-10,12-17H2,1H3,(H,24,26). The summed E-state index contributed by atoms with van der Waals surface area (Å²) >= 11 is 0. The fourth-order valence-electron chi connectivity index (χ4n) is 4.62. The van der Waals surface area contributed by atoms with Crippen molar-refractivity contribution >= 4 is 11.8 Å². The molecule has 1 N–H and O–H groups in total. The van der Waals surface area contributed by atoms with Gasteiger partial charge in [0.2, 0.25) is 11.8 Å². The van der Waals surface area contributed by atoms with Crippen molar-refractivity contribution in [2.75, 3.05) is 33.4 Å². The van der Waals surface area contributed by atoms with Gasteiger partial charge >= 0.3 is 0 Å². The second kappa shape index (κ2) is 10.0. The Morgan fingerprint density at radius 1 is 1.21 bits per heavy atom. The molecule has 0 radical (unpaired) electrons. The van der Waals surface area contributed by atoms with Crippen LogP contribution >= 0.6 is 0 Å². The van der Waals surface area contributed by atoms with E-state index in [9.17, 15) is 9.59 Å². The van der Waals surface area contributed by atoms with Crippen molar-refractivity contribution in [1.29, 1.82) is 0 Å². The summed E-state index contributed by atoms with van der Waals surface area (Å²) < 4.78 is 4.97. The Labute approximate surface area is 168 Å². The summed E-state index contributed by atoms with van der Waals surface area (Å²) in [4.78, 5) is 30.8. The average molecular weight is 388 g/mol. The summed E-state index contributed by atoms with van der Waals surface area (Å²) in [6, 6.07) is 5.71. The van der Waals surface area contributed by atoms with Crippen molar-refractivity contribution in [2.45, 2.75) is 51.4 Å². The second-order valence-corrected chi connectivity index (χ2v) is 8.37. The highest BCUT2D eigenvalue weighted by Crippen LogP contribution is 2.47. The van der Waals surface area contributed by atoms with E-state index in [1.165, 1.54) is 12.8 Å². The van der Waals surface area contributed by atoms with E-state index in [-0.39, 0.29) is 11.8 Å². The number of piperidine rings is 1. The number of rotatable bonds is 7. The fourth-order valence-corrected chi connectivity index (χ4v) is 4.62. The van der Waals surface area contributed by atoms with Crippen molar-refractivity contribution < 1.29 is 14.3 Å². The topological polar surface area (TPSA) is 71.5 Å². The third-order valence-electron chi connectivity index (χ3n) is 6.50. The van der Waals surface area contributed by atoms with Crippen LogP contribution < -0.4 is 5.32 Å². The number of nitrogens with one attached hydrogen (secondary N) is 1. The average Bonchev–Trinajstić information content (AvgIpc) is 2.71. The summed E-state index contributed by atoms with van der Waals surface area (Å²) in [5.41, 5.74) is 1.22. The molecule has 0 atom stereocenters. The van der Waals surface area contributed by atoms with E-state index in [1.807, 2.05) is 23.1 Å². The van der Waals surface area contributed by atoms with E-state index in [4.69, 9.17) is 4.74 Å². The van der Waals surface area contributed by atoms with Crippen LogP contribution in [0, 0.1) is 11.3 Å². The Morgan fingerprint density at radius 3 is 2.61 bits per heavy atom. The Balaban J connectivity index is 1.39. The minimum absolute atomic E-state index is 0.146. The van der Waals surface area contributed by atoms with Crippen LogP contribution in [-0.4, -0.2) is 55.0 Å². The molecule has 28 heavy (non-hydrogen) atoms. The number of pyridine rings is 1. The molecule has 2 heterocycles. The molecular weight excluding hydrogens is 354 g/mol. The van der Waals surface area contributed by atoms with E-state index in [1.54, 1.807) is 13.3 Å². The van der Waals surface area contributed by atoms with Gasteiger partial charge in [-0.1, -0.05) is 6.07 Å².